The fourth-order valence-corrected chi connectivity index (χ4v) is 4.69. The van der Waals surface area contributed by atoms with Crippen molar-refractivity contribution in [3.63, 3.8) is 0 Å². The van der Waals surface area contributed by atoms with E-state index in [-0.39, 0.29) is 4.90 Å². The Labute approximate surface area is 138 Å². The molecule has 0 heterocycles. The van der Waals surface area contributed by atoms with Crippen molar-refractivity contribution >= 4 is 26.7 Å². The highest BCUT2D eigenvalue weighted by Crippen LogP contribution is 2.19. The molecule has 0 aliphatic carbocycles. The molecule has 0 saturated heterocycles. The highest BCUT2D eigenvalue weighted by Gasteiger charge is 2.13. The first-order chi connectivity index (χ1) is 10.8. The number of nitrogens with zero attached hydrogens (tertiary/aromatic N) is 1. The first-order valence-electron chi connectivity index (χ1n) is 6.77. The zero-order chi connectivity index (χ0) is 17.0. The van der Waals surface area contributed by atoms with Crippen molar-refractivity contribution in [1.82, 2.24) is 0 Å². The molecule has 1 unspecified atom stereocenters. The number of ether oxygens (including phenoxy) is 1. The van der Waals surface area contributed by atoms with Crippen molar-refractivity contribution in [2.45, 2.75) is 23.6 Å². The van der Waals surface area contributed by atoms with Crippen molar-refractivity contribution in [1.29, 1.82) is 0 Å². The van der Waals surface area contributed by atoms with Crippen molar-refractivity contribution in [3.05, 3.63) is 54.1 Å². The fraction of sp³-hybridized carbons (Fsp3) is 0.188. The standard InChI is InChI=1S/C16H17NO4S2/c1-12-4-10-16(11-5-12)23(19,20)17-22(3)15-8-6-14(7-9-15)21-13(2)18/h4-11H,1-3H3. The van der Waals surface area contributed by atoms with Gasteiger partial charge in [0, 0.05) is 11.8 Å². The Kier molecular flexibility index (Phi) is 5.33. The molecule has 0 aromatic heterocycles. The molecule has 0 spiro atoms. The van der Waals surface area contributed by atoms with Crippen molar-refractivity contribution < 1.29 is 17.9 Å². The average Bonchev–Trinajstić information content (AvgIpc) is 2.47. The van der Waals surface area contributed by atoms with E-state index in [0.717, 1.165) is 10.5 Å². The molecule has 0 aliphatic rings. The molecule has 0 amide bonds. The predicted octanol–water partition coefficient (Wildman–Crippen LogP) is 3.10. The monoisotopic (exact) mass is 351 g/mol. The van der Waals surface area contributed by atoms with Gasteiger partial charge in [-0.2, -0.15) is 8.42 Å². The van der Waals surface area contributed by atoms with E-state index in [0.29, 0.717) is 5.75 Å². The van der Waals surface area contributed by atoms with Crippen LogP contribution in [-0.4, -0.2) is 20.6 Å². The molecule has 0 aliphatic heterocycles. The van der Waals surface area contributed by atoms with Gasteiger partial charge in [0.15, 0.2) is 0 Å². The summed E-state index contributed by atoms with van der Waals surface area (Å²) in [6.45, 7) is 3.21. The van der Waals surface area contributed by atoms with Crippen LogP contribution in [0.2, 0.25) is 0 Å². The molecule has 5 nitrogen and oxygen atoms in total. The minimum Gasteiger partial charge on any atom is -0.427 e. The maximum absolute atomic E-state index is 12.3. The van der Waals surface area contributed by atoms with Crippen LogP contribution in [0, 0.1) is 6.92 Å². The molecule has 2 rings (SSSR count). The third kappa shape index (κ3) is 4.74. The van der Waals surface area contributed by atoms with Gasteiger partial charge in [0.2, 0.25) is 0 Å². The lowest BCUT2D eigenvalue weighted by atomic mass is 10.2. The number of benzene rings is 2. The summed E-state index contributed by atoms with van der Waals surface area (Å²) in [6.07, 6.45) is 1.73. The Morgan fingerprint density at radius 2 is 1.61 bits per heavy atom. The molecule has 122 valence electrons. The van der Waals surface area contributed by atoms with Crippen LogP contribution in [0.4, 0.5) is 0 Å². The van der Waals surface area contributed by atoms with Crippen molar-refractivity contribution in [2.24, 2.45) is 3.77 Å². The Hall–Kier alpha value is -1.99. The van der Waals surface area contributed by atoms with E-state index < -0.39 is 26.7 Å². The number of hydrogen-bond donors (Lipinski definition) is 0. The zero-order valence-corrected chi connectivity index (χ0v) is 14.6. The zero-order valence-electron chi connectivity index (χ0n) is 13.0. The predicted molar refractivity (Wildman–Crippen MR) is 90.1 cm³/mol. The first-order valence-corrected chi connectivity index (χ1v) is 9.80. The summed E-state index contributed by atoms with van der Waals surface area (Å²) in [6, 6.07) is 13.2. The van der Waals surface area contributed by atoms with Crippen LogP contribution in [0.25, 0.3) is 0 Å². The number of carbonyl (C=O) groups excluding carboxylic acids is 1. The summed E-state index contributed by atoms with van der Waals surface area (Å²) >= 11 is 0. The van der Waals surface area contributed by atoms with Gasteiger partial charge in [-0.3, -0.25) is 4.79 Å². The molecule has 2 aromatic rings. The highest BCUT2D eigenvalue weighted by atomic mass is 32.3. The summed E-state index contributed by atoms with van der Waals surface area (Å²) in [5.74, 6) is 0.0134. The van der Waals surface area contributed by atoms with Gasteiger partial charge in [-0.15, -0.1) is 3.77 Å². The summed E-state index contributed by atoms with van der Waals surface area (Å²) in [7, 11) is -4.53. The Bertz CT molecular complexity index is 839. The lowest BCUT2D eigenvalue weighted by Crippen LogP contribution is -2.02. The van der Waals surface area contributed by atoms with Crippen LogP contribution in [0.1, 0.15) is 12.5 Å². The summed E-state index contributed by atoms with van der Waals surface area (Å²) < 4.78 is 33.5. The molecular weight excluding hydrogens is 334 g/mol. The Balaban J connectivity index is 2.27. The summed E-state index contributed by atoms with van der Waals surface area (Å²) in [5.41, 5.74) is 0.987. The molecule has 0 fully saturated rings. The van der Waals surface area contributed by atoms with Crippen LogP contribution in [0.15, 0.2) is 62.1 Å². The minimum absolute atomic E-state index is 0.180. The SMILES string of the molecule is CC(=O)Oc1ccc(/S(C)=N/S(=O)(=O)c2ccc(C)cc2)cc1. The van der Waals surface area contributed by atoms with Gasteiger partial charge < -0.3 is 4.74 Å². The van der Waals surface area contributed by atoms with E-state index in [1.54, 1.807) is 54.8 Å². The van der Waals surface area contributed by atoms with Gasteiger partial charge in [-0.1, -0.05) is 28.4 Å². The number of carbonyl (C=O) groups is 1. The molecule has 1 atom stereocenters. The van der Waals surface area contributed by atoms with Gasteiger partial charge in [-0.05, 0) is 49.6 Å². The second kappa shape index (κ2) is 7.06. The van der Waals surface area contributed by atoms with Crippen molar-refractivity contribution in [3.8, 4) is 5.75 Å². The number of rotatable bonds is 4. The molecule has 2 aromatic carbocycles. The van der Waals surface area contributed by atoms with Crippen LogP contribution >= 0.6 is 0 Å². The lowest BCUT2D eigenvalue weighted by Gasteiger charge is -2.05. The van der Waals surface area contributed by atoms with E-state index in [9.17, 15) is 13.2 Å². The van der Waals surface area contributed by atoms with Crippen LogP contribution in [0.5, 0.6) is 5.75 Å². The topological polar surface area (TPSA) is 72.8 Å². The number of aryl methyl sites for hydroxylation is 1. The number of hydrogen-bond acceptors (Lipinski definition) is 4. The molecular formula is C16H17NO4S2. The second-order valence-corrected chi connectivity index (χ2v) is 8.35. The summed E-state index contributed by atoms with van der Waals surface area (Å²) in [4.78, 5) is 11.8. The molecule has 7 heteroatoms. The van der Waals surface area contributed by atoms with Crippen LogP contribution in [0.3, 0.4) is 0 Å². The third-order valence-corrected chi connectivity index (χ3v) is 6.46. The largest absolute Gasteiger partial charge is 0.427 e. The third-order valence-electron chi connectivity index (χ3n) is 2.96. The Morgan fingerprint density at radius 1 is 1.04 bits per heavy atom. The van der Waals surface area contributed by atoms with Crippen LogP contribution < -0.4 is 4.74 Å². The Morgan fingerprint density at radius 3 is 2.13 bits per heavy atom. The number of esters is 1. The highest BCUT2D eigenvalue weighted by molar-refractivity contribution is 7.99. The van der Waals surface area contributed by atoms with Gasteiger partial charge >= 0.3 is 5.97 Å². The number of sulfonamides is 1. The van der Waals surface area contributed by atoms with Gasteiger partial charge in [0.1, 0.15) is 5.75 Å². The van der Waals surface area contributed by atoms with E-state index in [1.165, 1.54) is 6.92 Å². The molecule has 0 N–H and O–H groups in total. The maximum Gasteiger partial charge on any atom is 0.308 e. The first kappa shape index (κ1) is 17.4. The molecule has 0 radical (unpaired) electrons. The van der Waals surface area contributed by atoms with Crippen LogP contribution in [-0.2, 0) is 25.5 Å². The quantitative estimate of drug-likeness (QED) is 0.627. The minimum atomic E-state index is -3.70. The summed E-state index contributed by atoms with van der Waals surface area (Å²) in [5, 5.41) is 0. The van der Waals surface area contributed by atoms with Gasteiger partial charge in [0.05, 0.1) is 4.90 Å². The normalized spacial score (nSPS) is 12.8. The smallest absolute Gasteiger partial charge is 0.308 e. The van der Waals surface area contributed by atoms with Gasteiger partial charge in [0.25, 0.3) is 10.0 Å². The maximum atomic E-state index is 12.3. The van der Waals surface area contributed by atoms with Crippen molar-refractivity contribution in [2.75, 3.05) is 6.26 Å². The molecule has 23 heavy (non-hydrogen) atoms. The fourth-order valence-electron chi connectivity index (χ4n) is 1.81. The van der Waals surface area contributed by atoms with Gasteiger partial charge in [-0.25, -0.2) is 0 Å². The van der Waals surface area contributed by atoms with E-state index in [4.69, 9.17) is 4.74 Å². The molecule has 0 saturated carbocycles. The molecule has 0 bridgehead atoms. The lowest BCUT2D eigenvalue weighted by molar-refractivity contribution is -0.131. The van der Waals surface area contributed by atoms with E-state index >= 15 is 0 Å². The van der Waals surface area contributed by atoms with E-state index in [2.05, 4.69) is 3.77 Å². The average molecular weight is 351 g/mol. The second-order valence-electron chi connectivity index (χ2n) is 4.91. The van der Waals surface area contributed by atoms with E-state index in [1.807, 2.05) is 6.92 Å².